The summed E-state index contributed by atoms with van der Waals surface area (Å²) in [6.45, 7) is 1.63. The number of hydrogen-bond donors (Lipinski definition) is 2. The molecular formula is C20H20FN3. The van der Waals surface area contributed by atoms with Crippen molar-refractivity contribution in [3.05, 3.63) is 72.1 Å². The van der Waals surface area contributed by atoms with E-state index in [1.807, 2.05) is 30.4 Å². The zero-order valence-corrected chi connectivity index (χ0v) is 13.4. The molecule has 2 unspecified atom stereocenters. The standard InChI is InChI=1S/C20H20FN3/c21-18-4-2-1-3-16(18)20-17-13-15(14-7-9-22-10-8-14)5-6-19(17)23-11-12-24-20/h1-3,5-10,13,18,20,23-24H,4,11-12H2. The monoisotopic (exact) mass is 321 g/mol. The van der Waals surface area contributed by atoms with Crippen LogP contribution in [0.5, 0.6) is 0 Å². The fraction of sp³-hybridized carbons (Fsp3) is 0.250. The third-order valence-electron chi connectivity index (χ3n) is 4.63. The van der Waals surface area contributed by atoms with Gasteiger partial charge in [-0.1, -0.05) is 24.3 Å². The number of aromatic nitrogens is 1. The van der Waals surface area contributed by atoms with Gasteiger partial charge in [0.25, 0.3) is 0 Å². The quantitative estimate of drug-likeness (QED) is 0.877. The van der Waals surface area contributed by atoms with E-state index in [1.54, 1.807) is 12.4 Å². The number of hydrogen-bond acceptors (Lipinski definition) is 3. The molecule has 1 aliphatic carbocycles. The van der Waals surface area contributed by atoms with Crippen LogP contribution in [0.1, 0.15) is 18.0 Å². The van der Waals surface area contributed by atoms with Crippen molar-refractivity contribution in [1.29, 1.82) is 0 Å². The molecule has 122 valence electrons. The second-order valence-corrected chi connectivity index (χ2v) is 6.15. The maximum atomic E-state index is 14.5. The molecule has 0 amide bonds. The van der Waals surface area contributed by atoms with E-state index in [9.17, 15) is 4.39 Å². The molecule has 0 spiro atoms. The van der Waals surface area contributed by atoms with Gasteiger partial charge < -0.3 is 10.6 Å². The van der Waals surface area contributed by atoms with Crippen LogP contribution in [0.25, 0.3) is 11.1 Å². The molecule has 4 rings (SSSR count). The molecule has 1 aliphatic heterocycles. The molecule has 1 aromatic heterocycles. The summed E-state index contributed by atoms with van der Waals surface area (Å²) in [4.78, 5) is 4.08. The van der Waals surface area contributed by atoms with Crippen molar-refractivity contribution >= 4 is 5.69 Å². The van der Waals surface area contributed by atoms with Crippen LogP contribution in [-0.2, 0) is 0 Å². The van der Waals surface area contributed by atoms with Gasteiger partial charge in [0.2, 0.25) is 0 Å². The Morgan fingerprint density at radius 3 is 2.75 bits per heavy atom. The van der Waals surface area contributed by atoms with Crippen LogP contribution >= 0.6 is 0 Å². The molecule has 2 aliphatic rings. The Labute approximate surface area is 141 Å². The highest BCUT2D eigenvalue weighted by atomic mass is 19.1. The number of nitrogens with zero attached hydrogens (tertiary/aromatic N) is 1. The Kier molecular flexibility index (Phi) is 4.13. The summed E-state index contributed by atoms with van der Waals surface area (Å²) in [5.41, 5.74) is 5.23. The SMILES string of the molecule is FC1CC=CC=C1C1NCCNc2ccc(-c3ccncc3)cc21. The molecule has 2 atom stereocenters. The Morgan fingerprint density at radius 1 is 1.04 bits per heavy atom. The molecule has 2 aromatic rings. The molecule has 0 fully saturated rings. The maximum absolute atomic E-state index is 14.5. The van der Waals surface area contributed by atoms with Crippen molar-refractivity contribution in [3.63, 3.8) is 0 Å². The molecular weight excluding hydrogens is 301 g/mol. The largest absolute Gasteiger partial charge is 0.383 e. The number of rotatable bonds is 2. The molecule has 4 heteroatoms. The maximum Gasteiger partial charge on any atom is 0.127 e. The van der Waals surface area contributed by atoms with Gasteiger partial charge in [0.15, 0.2) is 0 Å². The van der Waals surface area contributed by atoms with Crippen LogP contribution in [0.3, 0.4) is 0 Å². The highest BCUT2D eigenvalue weighted by Crippen LogP contribution is 2.37. The molecule has 1 aromatic carbocycles. The minimum Gasteiger partial charge on any atom is -0.383 e. The fourth-order valence-corrected chi connectivity index (χ4v) is 3.40. The van der Waals surface area contributed by atoms with E-state index >= 15 is 0 Å². The van der Waals surface area contributed by atoms with Crippen LogP contribution in [0, 0.1) is 0 Å². The number of nitrogens with one attached hydrogen (secondary N) is 2. The number of allylic oxidation sites excluding steroid dienone is 3. The van der Waals surface area contributed by atoms with Gasteiger partial charge in [-0.15, -0.1) is 0 Å². The lowest BCUT2D eigenvalue weighted by Gasteiger charge is -2.26. The summed E-state index contributed by atoms with van der Waals surface area (Å²) in [6, 6.07) is 10.2. The smallest absolute Gasteiger partial charge is 0.127 e. The summed E-state index contributed by atoms with van der Waals surface area (Å²) in [7, 11) is 0. The Hall–Kier alpha value is -2.46. The van der Waals surface area contributed by atoms with Gasteiger partial charge in [0.05, 0.1) is 6.04 Å². The zero-order chi connectivity index (χ0) is 16.4. The molecule has 0 bridgehead atoms. The van der Waals surface area contributed by atoms with Crippen LogP contribution in [-0.4, -0.2) is 24.2 Å². The van der Waals surface area contributed by atoms with Gasteiger partial charge in [-0.25, -0.2) is 4.39 Å². The van der Waals surface area contributed by atoms with Crippen molar-refractivity contribution in [2.45, 2.75) is 18.6 Å². The van der Waals surface area contributed by atoms with E-state index in [1.165, 1.54) is 0 Å². The van der Waals surface area contributed by atoms with E-state index in [4.69, 9.17) is 0 Å². The Balaban J connectivity index is 1.79. The predicted molar refractivity (Wildman–Crippen MR) is 95.6 cm³/mol. The van der Waals surface area contributed by atoms with Crippen molar-refractivity contribution in [2.24, 2.45) is 0 Å². The van der Waals surface area contributed by atoms with Crippen molar-refractivity contribution < 1.29 is 4.39 Å². The molecule has 2 heterocycles. The van der Waals surface area contributed by atoms with Crippen LogP contribution in [0.15, 0.2) is 66.5 Å². The first-order chi connectivity index (χ1) is 11.8. The first-order valence-corrected chi connectivity index (χ1v) is 8.35. The van der Waals surface area contributed by atoms with Crippen molar-refractivity contribution in [3.8, 4) is 11.1 Å². The summed E-state index contributed by atoms with van der Waals surface area (Å²) in [6.07, 6.45) is 8.87. The van der Waals surface area contributed by atoms with Gasteiger partial charge in [-0.2, -0.15) is 0 Å². The third-order valence-corrected chi connectivity index (χ3v) is 4.63. The lowest BCUT2D eigenvalue weighted by Crippen LogP contribution is -2.28. The molecule has 3 nitrogen and oxygen atoms in total. The summed E-state index contributed by atoms with van der Waals surface area (Å²) >= 11 is 0. The van der Waals surface area contributed by atoms with Gasteiger partial charge >= 0.3 is 0 Å². The van der Waals surface area contributed by atoms with E-state index in [2.05, 4.69) is 33.8 Å². The predicted octanol–water partition coefficient (Wildman–Crippen LogP) is 4.03. The van der Waals surface area contributed by atoms with Crippen LogP contribution in [0.2, 0.25) is 0 Å². The molecule has 0 radical (unpaired) electrons. The second-order valence-electron chi connectivity index (χ2n) is 6.15. The van der Waals surface area contributed by atoms with Crippen molar-refractivity contribution in [1.82, 2.24) is 10.3 Å². The second kappa shape index (κ2) is 6.57. The van der Waals surface area contributed by atoms with Crippen LogP contribution in [0.4, 0.5) is 10.1 Å². The third kappa shape index (κ3) is 2.85. The van der Waals surface area contributed by atoms with Crippen LogP contribution < -0.4 is 10.6 Å². The average Bonchev–Trinajstić information content (AvgIpc) is 2.85. The fourth-order valence-electron chi connectivity index (χ4n) is 3.40. The van der Waals surface area contributed by atoms with Gasteiger partial charge in [0, 0.05) is 37.6 Å². The van der Waals surface area contributed by atoms with E-state index in [0.29, 0.717) is 6.42 Å². The van der Waals surface area contributed by atoms with Crippen molar-refractivity contribution in [2.75, 3.05) is 18.4 Å². The Bertz CT molecular complexity index is 783. The topological polar surface area (TPSA) is 37.0 Å². The molecule has 2 N–H and O–H groups in total. The minimum absolute atomic E-state index is 0.100. The number of alkyl halides is 1. The minimum atomic E-state index is -0.928. The first kappa shape index (κ1) is 15.1. The summed E-state index contributed by atoms with van der Waals surface area (Å²) < 4.78 is 14.5. The van der Waals surface area contributed by atoms with Gasteiger partial charge in [0.1, 0.15) is 6.17 Å². The summed E-state index contributed by atoms with van der Waals surface area (Å²) in [5.74, 6) is 0. The van der Waals surface area contributed by atoms with Gasteiger partial charge in [-0.3, -0.25) is 4.98 Å². The van der Waals surface area contributed by atoms with E-state index in [0.717, 1.165) is 41.0 Å². The lowest BCUT2D eigenvalue weighted by molar-refractivity contribution is 0.357. The van der Waals surface area contributed by atoms with Gasteiger partial charge in [-0.05, 0) is 46.5 Å². The van der Waals surface area contributed by atoms with E-state index < -0.39 is 6.17 Å². The Morgan fingerprint density at radius 2 is 1.92 bits per heavy atom. The number of anilines is 1. The average molecular weight is 321 g/mol. The molecule has 24 heavy (non-hydrogen) atoms. The normalized spacial score (nSPS) is 23.0. The highest BCUT2D eigenvalue weighted by Gasteiger charge is 2.27. The first-order valence-electron chi connectivity index (χ1n) is 8.35. The molecule has 0 saturated carbocycles. The number of benzene rings is 1. The summed E-state index contributed by atoms with van der Waals surface area (Å²) in [5, 5.41) is 6.94. The lowest BCUT2D eigenvalue weighted by atomic mass is 9.89. The highest BCUT2D eigenvalue weighted by molar-refractivity contribution is 5.69. The zero-order valence-electron chi connectivity index (χ0n) is 13.4. The van der Waals surface area contributed by atoms with E-state index in [-0.39, 0.29) is 6.04 Å². The number of halogens is 1. The molecule has 0 saturated heterocycles. The number of fused-ring (bicyclic) bond motifs is 1. The number of pyridine rings is 1.